The summed E-state index contributed by atoms with van der Waals surface area (Å²) in [6.07, 6.45) is 5.20. The molecule has 0 amide bonds. The number of hydrogen-bond acceptors (Lipinski definition) is 4. The molecule has 2 fully saturated rings. The first-order valence-corrected chi connectivity index (χ1v) is 8.73. The number of nitrogens with one attached hydrogen (secondary N) is 2. The lowest BCUT2D eigenvalue weighted by Crippen LogP contribution is -2.45. The van der Waals surface area contributed by atoms with Crippen molar-refractivity contribution in [2.24, 2.45) is 11.1 Å². The van der Waals surface area contributed by atoms with Crippen molar-refractivity contribution in [2.75, 3.05) is 43.5 Å². The van der Waals surface area contributed by atoms with E-state index in [2.05, 4.69) is 27.7 Å². The zero-order valence-electron chi connectivity index (χ0n) is 13.7. The predicted octanol–water partition coefficient (Wildman–Crippen LogP) is 2.32. The molecule has 1 aromatic carbocycles. The van der Waals surface area contributed by atoms with Crippen molar-refractivity contribution in [3.63, 3.8) is 0 Å². The molecule has 0 aliphatic carbocycles. The van der Waals surface area contributed by atoms with Crippen LogP contribution in [0.1, 0.15) is 25.7 Å². The Kier molecular flexibility index (Phi) is 4.92. The van der Waals surface area contributed by atoms with Crippen molar-refractivity contribution in [2.45, 2.75) is 25.7 Å². The van der Waals surface area contributed by atoms with E-state index in [1.807, 2.05) is 6.07 Å². The van der Waals surface area contributed by atoms with Crippen LogP contribution in [0.3, 0.4) is 0 Å². The molecule has 0 saturated carbocycles. The summed E-state index contributed by atoms with van der Waals surface area (Å²) in [4.78, 5) is 2.46. The van der Waals surface area contributed by atoms with Crippen LogP contribution < -0.4 is 26.0 Å². The van der Waals surface area contributed by atoms with Gasteiger partial charge in [-0.05, 0) is 68.5 Å². The van der Waals surface area contributed by atoms with Crippen LogP contribution in [-0.2, 0) is 0 Å². The van der Waals surface area contributed by atoms with Crippen molar-refractivity contribution in [1.82, 2.24) is 5.32 Å². The third kappa shape index (κ3) is 3.70. The minimum atomic E-state index is 0.252. The van der Waals surface area contributed by atoms with Gasteiger partial charge in [0, 0.05) is 24.8 Å². The van der Waals surface area contributed by atoms with Crippen LogP contribution in [0.5, 0.6) is 5.75 Å². The molecule has 5 nitrogen and oxygen atoms in total. The summed E-state index contributed by atoms with van der Waals surface area (Å²) < 4.78 is 5.47. The van der Waals surface area contributed by atoms with E-state index in [1.165, 1.54) is 44.5 Å². The number of rotatable bonds is 3. The van der Waals surface area contributed by atoms with Crippen molar-refractivity contribution >= 4 is 28.7 Å². The van der Waals surface area contributed by atoms with E-state index in [0.717, 1.165) is 24.5 Å². The fourth-order valence-corrected chi connectivity index (χ4v) is 3.92. The summed E-state index contributed by atoms with van der Waals surface area (Å²) in [6.45, 7) is 4.58. The minimum Gasteiger partial charge on any atom is -0.494 e. The number of benzene rings is 1. The van der Waals surface area contributed by atoms with Gasteiger partial charge in [-0.1, -0.05) is 0 Å². The minimum absolute atomic E-state index is 0.252. The van der Waals surface area contributed by atoms with Gasteiger partial charge >= 0.3 is 0 Å². The maximum absolute atomic E-state index is 5.56. The molecular weight excluding hydrogens is 308 g/mol. The van der Waals surface area contributed by atoms with E-state index in [0.29, 0.717) is 5.41 Å². The number of hydrogen-bond donors (Lipinski definition) is 3. The monoisotopic (exact) mass is 334 g/mol. The molecule has 6 heteroatoms. The van der Waals surface area contributed by atoms with E-state index in [-0.39, 0.29) is 5.11 Å². The van der Waals surface area contributed by atoms with Crippen molar-refractivity contribution in [3.05, 3.63) is 18.2 Å². The average Bonchev–Trinajstić information content (AvgIpc) is 2.56. The normalized spacial score (nSPS) is 20.3. The van der Waals surface area contributed by atoms with E-state index in [9.17, 15) is 0 Å². The predicted molar refractivity (Wildman–Crippen MR) is 99.4 cm³/mol. The van der Waals surface area contributed by atoms with Crippen molar-refractivity contribution < 1.29 is 4.74 Å². The highest BCUT2D eigenvalue weighted by Crippen LogP contribution is 2.41. The largest absolute Gasteiger partial charge is 0.494 e. The summed E-state index contributed by atoms with van der Waals surface area (Å²) in [5, 5.41) is 6.69. The average molecular weight is 334 g/mol. The molecular formula is C17H26N4OS. The van der Waals surface area contributed by atoms with Crippen LogP contribution in [0.4, 0.5) is 11.4 Å². The highest BCUT2D eigenvalue weighted by molar-refractivity contribution is 7.80. The van der Waals surface area contributed by atoms with Gasteiger partial charge in [0.05, 0.1) is 12.8 Å². The molecule has 2 saturated heterocycles. The highest BCUT2D eigenvalue weighted by atomic mass is 32.1. The number of nitrogens with zero attached hydrogens (tertiary/aromatic N) is 1. The Labute approximate surface area is 143 Å². The molecule has 2 heterocycles. The third-order valence-corrected chi connectivity index (χ3v) is 5.40. The van der Waals surface area contributed by atoms with Gasteiger partial charge in [-0.25, -0.2) is 0 Å². The Hall–Kier alpha value is -1.53. The van der Waals surface area contributed by atoms with Crippen LogP contribution in [0, 0.1) is 5.41 Å². The standard InChI is InChI=1S/C17H26N4OS/c1-22-15-12-13(2-3-14(15)20-16(18)23)21-10-6-17(7-11-21)4-8-19-9-5-17/h2-3,12,19H,4-11H2,1H3,(H3,18,20,23). The molecule has 1 spiro atoms. The first kappa shape index (κ1) is 16.3. The number of anilines is 2. The summed E-state index contributed by atoms with van der Waals surface area (Å²) in [5.41, 5.74) is 8.15. The van der Waals surface area contributed by atoms with Gasteiger partial charge in [0.1, 0.15) is 5.75 Å². The Morgan fingerprint density at radius 1 is 1.26 bits per heavy atom. The van der Waals surface area contributed by atoms with E-state index in [1.54, 1.807) is 7.11 Å². The Bertz CT molecular complexity index is 562. The maximum Gasteiger partial charge on any atom is 0.168 e. The molecule has 0 atom stereocenters. The second-order valence-corrected chi connectivity index (χ2v) is 7.05. The Balaban J connectivity index is 1.69. The maximum atomic E-state index is 5.56. The quantitative estimate of drug-likeness (QED) is 0.738. The van der Waals surface area contributed by atoms with Crippen LogP contribution in [0.15, 0.2) is 18.2 Å². The first-order valence-electron chi connectivity index (χ1n) is 8.32. The molecule has 0 aromatic heterocycles. The van der Waals surface area contributed by atoms with Crippen LogP contribution in [0.25, 0.3) is 0 Å². The Morgan fingerprint density at radius 2 is 1.96 bits per heavy atom. The second-order valence-electron chi connectivity index (χ2n) is 6.61. The molecule has 0 radical (unpaired) electrons. The zero-order chi connectivity index (χ0) is 16.3. The van der Waals surface area contributed by atoms with Gasteiger partial charge in [0.2, 0.25) is 0 Å². The summed E-state index contributed by atoms with van der Waals surface area (Å²) in [6, 6.07) is 6.17. The van der Waals surface area contributed by atoms with Gasteiger partial charge in [-0.3, -0.25) is 0 Å². The molecule has 126 valence electrons. The van der Waals surface area contributed by atoms with Crippen LogP contribution in [-0.4, -0.2) is 38.4 Å². The topological polar surface area (TPSA) is 62.5 Å². The second kappa shape index (κ2) is 6.93. The molecule has 1 aromatic rings. The molecule has 2 aliphatic heterocycles. The van der Waals surface area contributed by atoms with Gasteiger partial charge in [-0.2, -0.15) is 0 Å². The van der Waals surface area contributed by atoms with Gasteiger partial charge in [0.15, 0.2) is 5.11 Å². The fraction of sp³-hybridized carbons (Fsp3) is 0.588. The lowest BCUT2D eigenvalue weighted by atomic mass is 9.71. The zero-order valence-corrected chi connectivity index (χ0v) is 14.5. The summed E-state index contributed by atoms with van der Waals surface area (Å²) >= 11 is 4.91. The smallest absolute Gasteiger partial charge is 0.168 e. The van der Waals surface area contributed by atoms with Crippen molar-refractivity contribution in [3.8, 4) is 5.75 Å². The number of piperidine rings is 2. The fourth-order valence-electron chi connectivity index (χ4n) is 3.81. The van der Waals surface area contributed by atoms with Crippen molar-refractivity contribution in [1.29, 1.82) is 0 Å². The number of thiocarbonyl (C=S) groups is 1. The summed E-state index contributed by atoms with van der Waals surface area (Å²) in [5.74, 6) is 0.775. The van der Waals surface area contributed by atoms with Crippen LogP contribution in [0.2, 0.25) is 0 Å². The van der Waals surface area contributed by atoms with E-state index in [4.69, 9.17) is 22.7 Å². The number of ether oxygens (including phenoxy) is 1. The molecule has 0 bridgehead atoms. The Morgan fingerprint density at radius 3 is 2.57 bits per heavy atom. The van der Waals surface area contributed by atoms with Gasteiger partial charge in [-0.15, -0.1) is 0 Å². The van der Waals surface area contributed by atoms with E-state index < -0.39 is 0 Å². The molecule has 23 heavy (non-hydrogen) atoms. The number of methoxy groups -OCH3 is 1. The molecule has 3 rings (SSSR count). The highest BCUT2D eigenvalue weighted by Gasteiger charge is 2.35. The third-order valence-electron chi connectivity index (χ3n) is 5.30. The molecule has 0 unspecified atom stereocenters. The summed E-state index contributed by atoms with van der Waals surface area (Å²) in [7, 11) is 1.67. The van der Waals surface area contributed by atoms with Gasteiger partial charge in [0.25, 0.3) is 0 Å². The van der Waals surface area contributed by atoms with Gasteiger partial charge < -0.3 is 26.0 Å². The number of nitrogens with two attached hydrogens (primary N) is 1. The lowest BCUT2D eigenvalue weighted by molar-refractivity contribution is 0.155. The first-order chi connectivity index (χ1) is 11.1. The molecule has 2 aliphatic rings. The van der Waals surface area contributed by atoms with E-state index >= 15 is 0 Å². The molecule has 4 N–H and O–H groups in total. The van der Waals surface area contributed by atoms with Crippen LogP contribution >= 0.6 is 12.2 Å². The SMILES string of the molecule is COc1cc(N2CCC3(CCNCC3)CC2)ccc1NC(N)=S. The lowest BCUT2D eigenvalue weighted by Gasteiger charge is -2.45.